The van der Waals surface area contributed by atoms with Gasteiger partial charge < -0.3 is 10.0 Å². The van der Waals surface area contributed by atoms with Gasteiger partial charge in [0.2, 0.25) is 5.91 Å². The summed E-state index contributed by atoms with van der Waals surface area (Å²) in [5.74, 6) is -3.19. The predicted molar refractivity (Wildman–Crippen MR) is 59.2 cm³/mol. The highest BCUT2D eigenvalue weighted by Crippen LogP contribution is 2.41. The third-order valence-electron chi connectivity index (χ3n) is 3.81. The van der Waals surface area contributed by atoms with Gasteiger partial charge in [-0.1, -0.05) is 6.42 Å². The summed E-state index contributed by atoms with van der Waals surface area (Å²) < 4.78 is 37.4. The Bertz CT molecular complexity index is 379. The van der Waals surface area contributed by atoms with E-state index in [0.717, 1.165) is 24.2 Å². The average molecular weight is 279 g/mol. The maximum Gasteiger partial charge on any atom is 0.406 e. The second-order valence-corrected chi connectivity index (χ2v) is 5.42. The number of carbonyl (C=O) groups excluding carboxylic acids is 1. The Morgan fingerprint density at radius 1 is 1.21 bits per heavy atom. The number of carbonyl (C=O) groups is 2. The lowest BCUT2D eigenvalue weighted by Crippen LogP contribution is -2.44. The molecule has 0 spiro atoms. The smallest absolute Gasteiger partial charge is 0.406 e. The van der Waals surface area contributed by atoms with Crippen molar-refractivity contribution >= 4 is 11.9 Å². The van der Waals surface area contributed by atoms with E-state index < -0.39 is 36.4 Å². The topological polar surface area (TPSA) is 57.6 Å². The van der Waals surface area contributed by atoms with Crippen molar-refractivity contribution in [2.45, 2.75) is 31.9 Å². The number of rotatable bonds is 5. The highest BCUT2D eigenvalue weighted by molar-refractivity contribution is 5.89. The van der Waals surface area contributed by atoms with E-state index in [1.54, 1.807) is 0 Å². The van der Waals surface area contributed by atoms with Crippen LogP contribution in [0.5, 0.6) is 0 Å². The zero-order valence-corrected chi connectivity index (χ0v) is 10.3. The highest BCUT2D eigenvalue weighted by Gasteiger charge is 2.51. The fourth-order valence-electron chi connectivity index (χ4n) is 2.41. The van der Waals surface area contributed by atoms with Crippen LogP contribution < -0.4 is 0 Å². The zero-order chi connectivity index (χ0) is 14.2. The summed E-state index contributed by atoms with van der Waals surface area (Å²) in [5.41, 5.74) is 0. The first-order chi connectivity index (χ1) is 8.78. The summed E-state index contributed by atoms with van der Waals surface area (Å²) in [7, 11) is 0. The lowest BCUT2D eigenvalue weighted by Gasteiger charge is -2.33. The first-order valence-corrected chi connectivity index (χ1v) is 6.36. The van der Waals surface area contributed by atoms with Crippen molar-refractivity contribution < 1.29 is 27.9 Å². The van der Waals surface area contributed by atoms with E-state index in [2.05, 4.69) is 0 Å². The van der Waals surface area contributed by atoms with Gasteiger partial charge in [-0.15, -0.1) is 0 Å². The molecule has 0 aromatic heterocycles. The zero-order valence-electron chi connectivity index (χ0n) is 10.3. The van der Waals surface area contributed by atoms with Gasteiger partial charge in [0.05, 0.1) is 11.8 Å². The first kappa shape index (κ1) is 14.1. The van der Waals surface area contributed by atoms with Crippen molar-refractivity contribution in [2.24, 2.45) is 17.8 Å². The Morgan fingerprint density at radius 3 is 2.21 bits per heavy atom. The van der Waals surface area contributed by atoms with Crippen LogP contribution in [-0.4, -0.2) is 41.1 Å². The van der Waals surface area contributed by atoms with E-state index in [9.17, 15) is 22.8 Å². The van der Waals surface area contributed by atoms with Crippen LogP contribution in [0.15, 0.2) is 0 Å². The predicted octanol–water partition coefficient (Wildman–Crippen LogP) is 1.90. The fraction of sp³-hybridized carbons (Fsp3) is 0.833. The average Bonchev–Trinajstić information content (AvgIpc) is 2.98. The van der Waals surface area contributed by atoms with Crippen LogP contribution >= 0.6 is 0 Å². The minimum absolute atomic E-state index is 0.0984. The Hall–Kier alpha value is -1.27. The van der Waals surface area contributed by atoms with Crippen LogP contribution in [0.2, 0.25) is 0 Å². The molecule has 2 aliphatic rings. The minimum atomic E-state index is -4.44. The molecule has 2 aliphatic carbocycles. The molecule has 0 unspecified atom stereocenters. The molecule has 1 N–H and O–H groups in total. The molecule has 4 nitrogen and oxygen atoms in total. The van der Waals surface area contributed by atoms with Gasteiger partial charge in [-0.3, -0.25) is 9.59 Å². The molecule has 0 aliphatic heterocycles. The van der Waals surface area contributed by atoms with Gasteiger partial charge in [-0.2, -0.15) is 13.2 Å². The van der Waals surface area contributed by atoms with Gasteiger partial charge in [-0.25, -0.2) is 0 Å². The van der Waals surface area contributed by atoms with Crippen LogP contribution in [0.4, 0.5) is 13.2 Å². The molecule has 19 heavy (non-hydrogen) atoms. The van der Waals surface area contributed by atoms with E-state index in [4.69, 9.17) is 5.11 Å². The Balaban J connectivity index is 1.95. The number of alkyl halides is 3. The van der Waals surface area contributed by atoms with E-state index >= 15 is 0 Å². The molecular weight excluding hydrogens is 263 g/mol. The number of aliphatic carboxylic acids is 1. The standard InChI is InChI=1S/C12H16F3NO3/c13-12(14,15)6-16(5-7-2-1-3-7)10(17)8-4-9(8)11(18)19/h7-9H,1-6H2,(H,18,19)/t8-,9+/m1/s1. The summed E-state index contributed by atoms with van der Waals surface area (Å²) in [6.07, 6.45) is -1.61. The molecule has 2 rings (SSSR count). The summed E-state index contributed by atoms with van der Waals surface area (Å²) in [6, 6.07) is 0. The van der Waals surface area contributed by atoms with Crippen molar-refractivity contribution in [2.75, 3.05) is 13.1 Å². The van der Waals surface area contributed by atoms with Gasteiger partial charge in [0.25, 0.3) is 0 Å². The Labute approximate surface area is 108 Å². The van der Waals surface area contributed by atoms with E-state index in [0.29, 0.717) is 0 Å². The first-order valence-electron chi connectivity index (χ1n) is 6.36. The SMILES string of the molecule is O=C(O)[C@H]1C[C@H]1C(=O)N(CC1CCC1)CC(F)(F)F. The molecule has 0 saturated heterocycles. The lowest BCUT2D eigenvalue weighted by atomic mass is 9.85. The van der Waals surface area contributed by atoms with Crippen molar-refractivity contribution in [1.29, 1.82) is 0 Å². The summed E-state index contributed by atoms with van der Waals surface area (Å²) in [4.78, 5) is 23.4. The van der Waals surface area contributed by atoms with Crippen molar-refractivity contribution in [3.8, 4) is 0 Å². The van der Waals surface area contributed by atoms with Crippen LogP contribution in [0, 0.1) is 17.8 Å². The molecule has 1 amide bonds. The van der Waals surface area contributed by atoms with Gasteiger partial charge in [-0.05, 0) is 25.2 Å². The lowest BCUT2D eigenvalue weighted by molar-refractivity contribution is -0.164. The summed E-state index contributed by atoms with van der Waals surface area (Å²) in [5, 5.41) is 8.73. The molecule has 2 atom stereocenters. The highest BCUT2D eigenvalue weighted by atomic mass is 19.4. The number of hydrogen-bond acceptors (Lipinski definition) is 2. The molecule has 2 fully saturated rings. The van der Waals surface area contributed by atoms with Crippen LogP contribution in [-0.2, 0) is 9.59 Å². The van der Waals surface area contributed by atoms with Gasteiger partial charge in [0, 0.05) is 6.54 Å². The van der Waals surface area contributed by atoms with E-state index in [1.807, 2.05) is 0 Å². The monoisotopic (exact) mass is 279 g/mol. The van der Waals surface area contributed by atoms with E-state index in [-0.39, 0.29) is 18.9 Å². The van der Waals surface area contributed by atoms with Crippen LogP contribution in [0.3, 0.4) is 0 Å². The van der Waals surface area contributed by atoms with Crippen LogP contribution in [0.25, 0.3) is 0 Å². The molecule has 0 aromatic rings. The number of nitrogens with zero attached hydrogens (tertiary/aromatic N) is 1. The Morgan fingerprint density at radius 2 is 1.84 bits per heavy atom. The van der Waals surface area contributed by atoms with Crippen molar-refractivity contribution in [3.63, 3.8) is 0 Å². The summed E-state index contributed by atoms with van der Waals surface area (Å²) in [6.45, 7) is -1.17. The van der Waals surface area contributed by atoms with E-state index in [1.165, 1.54) is 0 Å². The molecule has 0 heterocycles. The third-order valence-corrected chi connectivity index (χ3v) is 3.81. The largest absolute Gasteiger partial charge is 0.481 e. The van der Waals surface area contributed by atoms with Crippen LogP contribution in [0.1, 0.15) is 25.7 Å². The molecule has 2 saturated carbocycles. The number of carboxylic acid groups (broad SMARTS) is 1. The van der Waals surface area contributed by atoms with Crippen molar-refractivity contribution in [1.82, 2.24) is 4.90 Å². The molecular formula is C12H16F3NO3. The summed E-state index contributed by atoms with van der Waals surface area (Å²) >= 11 is 0. The number of hydrogen-bond donors (Lipinski definition) is 1. The molecule has 0 radical (unpaired) electrons. The second-order valence-electron chi connectivity index (χ2n) is 5.42. The Kier molecular flexibility index (Phi) is 3.73. The normalized spacial score (nSPS) is 26.7. The fourth-order valence-corrected chi connectivity index (χ4v) is 2.41. The molecule has 0 bridgehead atoms. The minimum Gasteiger partial charge on any atom is -0.481 e. The maximum absolute atomic E-state index is 12.5. The number of halogens is 3. The van der Waals surface area contributed by atoms with Gasteiger partial charge in [0.1, 0.15) is 6.54 Å². The second kappa shape index (κ2) is 5.02. The van der Waals surface area contributed by atoms with Gasteiger partial charge >= 0.3 is 12.1 Å². The number of amides is 1. The number of carboxylic acids is 1. The molecule has 7 heteroatoms. The third kappa shape index (κ3) is 3.61. The maximum atomic E-state index is 12.5. The molecule has 108 valence electrons. The van der Waals surface area contributed by atoms with Crippen molar-refractivity contribution in [3.05, 3.63) is 0 Å². The molecule has 0 aromatic carbocycles. The van der Waals surface area contributed by atoms with Gasteiger partial charge in [0.15, 0.2) is 0 Å². The quantitative estimate of drug-likeness (QED) is 0.836.